The number of carbonyl (C=O) groups excluding carboxylic acids is 1. The topological polar surface area (TPSA) is 33.5 Å². The number of para-hydroxylation sites is 1. The maximum atomic E-state index is 12.3. The molecule has 21 heavy (non-hydrogen) atoms. The molecule has 2 atom stereocenters. The van der Waals surface area contributed by atoms with Gasteiger partial charge in [-0.3, -0.25) is 4.79 Å². The number of fused-ring (bicyclic) bond motifs is 1. The van der Waals surface area contributed by atoms with Gasteiger partial charge in [0.1, 0.15) is 6.04 Å². The molecule has 0 spiro atoms. The molecule has 1 aromatic carbocycles. The highest BCUT2D eigenvalue weighted by Gasteiger charge is 2.29. The van der Waals surface area contributed by atoms with E-state index in [-0.39, 0.29) is 5.91 Å². The fourth-order valence-corrected chi connectivity index (χ4v) is 4.22. The number of anilines is 1. The van der Waals surface area contributed by atoms with Crippen LogP contribution in [0, 0.1) is 0 Å². The summed E-state index contributed by atoms with van der Waals surface area (Å²) in [7, 11) is 0. The van der Waals surface area contributed by atoms with E-state index in [1.54, 1.807) is 0 Å². The van der Waals surface area contributed by atoms with Gasteiger partial charge in [-0.2, -0.15) is 0 Å². The van der Waals surface area contributed by atoms with Gasteiger partial charge in [-0.05, 0) is 46.4 Å². The van der Waals surface area contributed by atoms with E-state index in [0.717, 1.165) is 23.1 Å². The van der Waals surface area contributed by atoms with Crippen molar-refractivity contribution in [2.45, 2.75) is 19.4 Å². The first-order valence-corrected chi connectivity index (χ1v) is 8.77. The van der Waals surface area contributed by atoms with E-state index < -0.39 is 0 Å². The maximum absolute atomic E-state index is 12.3. The molecule has 1 aliphatic rings. The van der Waals surface area contributed by atoms with Crippen molar-refractivity contribution in [1.29, 1.82) is 0 Å². The lowest BCUT2D eigenvalue weighted by molar-refractivity contribution is -0.923. The Hall–Kier alpha value is -1.17. The van der Waals surface area contributed by atoms with E-state index in [0.29, 0.717) is 12.6 Å². The summed E-state index contributed by atoms with van der Waals surface area (Å²) in [6.45, 7) is 3.75. The smallest absolute Gasteiger partial charge is 0.279 e. The predicted molar refractivity (Wildman–Crippen MR) is 89.9 cm³/mol. The van der Waals surface area contributed by atoms with Crippen LogP contribution < -0.4 is 10.2 Å². The Kier molecular flexibility index (Phi) is 4.42. The van der Waals surface area contributed by atoms with Gasteiger partial charge in [-0.15, -0.1) is 11.3 Å². The minimum Gasteiger partial charge on any atom is -0.321 e. The van der Waals surface area contributed by atoms with Gasteiger partial charge in [0.2, 0.25) is 0 Å². The molecule has 1 amide bonds. The number of hydrogen-bond acceptors (Lipinski definition) is 2. The number of hydrogen-bond donors (Lipinski definition) is 2. The highest BCUT2D eigenvalue weighted by molar-refractivity contribution is 9.10. The Labute approximate surface area is 137 Å². The fourth-order valence-electron chi connectivity index (χ4n) is 2.85. The molecular weight excluding hydrogens is 348 g/mol. The molecule has 0 bridgehead atoms. The Balaban J connectivity index is 1.65. The molecule has 0 aliphatic carbocycles. The Morgan fingerprint density at radius 1 is 1.43 bits per heavy atom. The van der Waals surface area contributed by atoms with Crippen molar-refractivity contribution in [2.75, 3.05) is 18.4 Å². The molecule has 1 aromatic heterocycles. The van der Waals surface area contributed by atoms with Gasteiger partial charge in [0.05, 0.1) is 12.2 Å². The summed E-state index contributed by atoms with van der Waals surface area (Å²) < 4.78 is 0.917. The fraction of sp³-hybridized carbons (Fsp3) is 0.312. The summed E-state index contributed by atoms with van der Waals surface area (Å²) >= 11 is 5.29. The zero-order valence-electron chi connectivity index (χ0n) is 11.9. The van der Waals surface area contributed by atoms with Crippen LogP contribution in [0.3, 0.4) is 0 Å². The summed E-state index contributed by atoms with van der Waals surface area (Å²) in [5.74, 6) is 0.0717. The van der Waals surface area contributed by atoms with Crippen LogP contribution >= 0.6 is 27.3 Å². The monoisotopic (exact) mass is 365 g/mol. The number of amides is 1. The van der Waals surface area contributed by atoms with Gasteiger partial charge in [0, 0.05) is 21.3 Å². The molecule has 0 saturated heterocycles. The summed E-state index contributed by atoms with van der Waals surface area (Å²) in [5.41, 5.74) is 2.25. The van der Waals surface area contributed by atoms with E-state index in [1.165, 1.54) is 15.3 Å². The number of carbonyl (C=O) groups is 1. The number of quaternary nitrogens is 1. The molecule has 2 N–H and O–H groups in total. The molecular formula is C16H18BrN2OS+. The molecule has 1 unspecified atom stereocenters. The molecule has 2 aromatic rings. The van der Waals surface area contributed by atoms with Crippen LogP contribution in [-0.2, 0) is 11.2 Å². The van der Waals surface area contributed by atoms with Gasteiger partial charge in [-0.25, -0.2) is 0 Å². The van der Waals surface area contributed by atoms with E-state index in [2.05, 4.69) is 39.6 Å². The van der Waals surface area contributed by atoms with Crippen molar-refractivity contribution in [3.63, 3.8) is 0 Å². The number of benzene rings is 1. The van der Waals surface area contributed by atoms with Crippen LogP contribution in [0.15, 0.2) is 40.2 Å². The van der Waals surface area contributed by atoms with Crippen molar-refractivity contribution in [1.82, 2.24) is 0 Å². The maximum Gasteiger partial charge on any atom is 0.279 e. The third kappa shape index (κ3) is 3.20. The first kappa shape index (κ1) is 14.8. The second-order valence-corrected chi connectivity index (χ2v) is 7.24. The highest BCUT2D eigenvalue weighted by atomic mass is 79.9. The second kappa shape index (κ2) is 6.30. The van der Waals surface area contributed by atoms with Gasteiger partial charge >= 0.3 is 0 Å². The molecule has 110 valence electrons. The summed E-state index contributed by atoms with van der Waals surface area (Å²) in [4.78, 5) is 15.1. The minimum absolute atomic E-state index is 0.0717. The van der Waals surface area contributed by atoms with Gasteiger partial charge < -0.3 is 10.2 Å². The van der Waals surface area contributed by atoms with E-state index in [1.807, 2.05) is 35.6 Å². The third-order valence-corrected chi connectivity index (χ3v) is 5.76. The Morgan fingerprint density at radius 3 is 3.05 bits per heavy atom. The van der Waals surface area contributed by atoms with Crippen LogP contribution in [0.25, 0.3) is 0 Å². The number of halogens is 1. The zero-order chi connectivity index (χ0) is 14.8. The van der Waals surface area contributed by atoms with E-state index >= 15 is 0 Å². The van der Waals surface area contributed by atoms with E-state index in [4.69, 9.17) is 0 Å². The van der Waals surface area contributed by atoms with Crippen molar-refractivity contribution in [3.8, 4) is 0 Å². The standard InChI is InChI=1S/C16H17BrN2OS/c1-11-12-7-9-21-15(12)6-8-19(11)10-16(20)18-14-5-3-2-4-13(14)17/h2-5,7,9,11H,6,8,10H2,1H3,(H,18,20)/p+1/t11-/m1/s1. The first-order valence-electron chi connectivity index (χ1n) is 7.10. The molecule has 0 saturated carbocycles. The average molecular weight is 366 g/mol. The summed E-state index contributed by atoms with van der Waals surface area (Å²) in [5, 5.41) is 5.15. The molecule has 0 fully saturated rings. The van der Waals surface area contributed by atoms with Gasteiger partial charge in [0.15, 0.2) is 6.54 Å². The zero-order valence-corrected chi connectivity index (χ0v) is 14.3. The largest absolute Gasteiger partial charge is 0.321 e. The average Bonchev–Trinajstić information content (AvgIpc) is 2.94. The lowest BCUT2D eigenvalue weighted by Gasteiger charge is -2.29. The quantitative estimate of drug-likeness (QED) is 0.861. The Morgan fingerprint density at radius 2 is 2.24 bits per heavy atom. The SMILES string of the molecule is C[C@@H]1c2ccsc2CC[NH+]1CC(=O)Nc1ccccc1Br. The lowest BCUT2D eigenvalue weighted by Crippen LogP contribution is -3.14. The predicted octanol–water partition coefficient (Wildman–Crippen LogP) is 2.65. The normalized spacial score (nSPS) is 20.9. The van der Waals surface area contributed by atoms with Crippen LogP contribution in [-0.4, -0.2) is 19.0 Å². The van der Waals surface area contributed by atoms with Crippen LogP contribution in [0.4, 0.5) is 5.69 Å². The van der Waals surface area contributed by atoms with Crippen molar-refractivity contribution in [2.24, 2.45) is 0 Å². The first-order chi connectivity index (χ1) is 10.1. The third-order valence-electron chi connectivity index (χ3n) is 4.07. The summed E-state index contributed by atoms with van der Waals surface area (Å²) in [6.07, 6.45) is 1.08. The number of nitrogens with one attached hydrogen (secondary N) is 2. The van der Waals surface area contributed by atoms with Crippen LogP contribution in [0.1, 0.15) is 23.4 Å². The molecule has 5 heteroatoms. The number of thiophene rings is 1. The lowest BCUT2D eigenvalue weighted by atomic mass is 10.0. The molecule has 3 rings (SSSR count). The minimum atomic E-state index is 0.0717. The molecule has 3 nitrogen and oxygen atoms in total. The highest BCUT2D eigenvalue weighted by Crippen LogP contribution is 2.24. The number of rotatable bonds is 3. The van der Waals surface area contributed by atoms with Crippen molar-refractivity contribution in [3.05, 3.63) is 50.6 Å². The Bertz CT molecular complexity index is 655. The van der Waals surface area contributed by atoms with Gasteiger partial charge in [0.25, 0.3) is 5.91 Å². The van der Waals surface area contributed by atoms with Crippen LogP contribution in [0.2, 0.25) is 0 Å². The van der Waals surface area contributed by atoms with Crippen molar-refractivity contribution >= 4 is 38.9 Å². The van der Waals surface area contributed by atoms with Crippen molar-refractivity contribution < 1.29 is 9.69 Å². The van der Waals surface area contributed by atoms with E-state index in [9.17, 15) is 4.79 Å². The summed E-state index contributed by atoms with van der Waals surface area (Å²) in [6, 6.07) is 10.3. The molecule has 0 radical (unpaired) electrons. The second-order valence-electron chi connectivity index (χ2n) is 5.38. The molecule has 1 aliphatic heterocycles. The van der Waals surface area contributed by atoms with Crippen LogP contribution in [0.5, 0.6) is 0 Å². The molecule has 2 heterocycles. The van der Waals surface area contributed by atoms with Gasteiger partial charge in [-0.1, -0.05) is 12.1 Å².